The Labute approximate surface area is 114 Å². The molecular weight excluding hydrogens is 266 g/mol. The number of furan rings is 1. The topological polar surface area (TPSA) is 48.3 Å². The van der Waals surface area contributed by atoms with Gasteiger partial charge in [0.25, 0.3) is 0 Å². The number of nitrogens with zero attached hydrogens (tertiary/aromatic N) is 1. The van der Waals surface area contributed by atoms with E-state index in [9.17, 15) is 4.79 Å². The molecule has 2 heterocycles. The number of oxazole rings is 1. The predicted octanol–water partition coefficient (Wildman–Crippen LogP) is 3.54. The van der Waals surface area contributed by atoms with Gasteiger partial charge in [0, 0.05) is 12.1 Å². The van der Waals surface area contributed by atoms with Crippen LogP contribution >= 0.6 is 11.6 Å². The molecule has 19 heavy (non-hydrogen) atoms. The second kappa shape index (κ2) is 4.63. The third-order valence-corrected chi connectivity index (χ3v) is 3.64. The van der Waals surface area contributed by atoms with E-state index in [1.165, 1.54) is 0 Å². The number of alkyl halides is 1. The van der Waals surface area contributed by atoms with Gasteiger partial charge in [0.15, 0.2) is 5.58 Å². The second-order valence-electron chi connectivity index (χ2n) is 4.26. The molecule has 2 aromatic heterocycles. The molecule has 0 saturated carbocycles. The molecule has 0 N–H and O–H groups in total. The average molecular weight is 278 g/mol. The highest BCUT2D eigenvalue weighted by Gasteiger charge is 2.15. The average Bonchev–Trinajstić information content (AvgIpc) is 3.03. The smallest absolute Gasteiger partial charge is 0.419 e. The summed E-state index contributed by atoms with van der Waals surface area (Å²) in [6.07, 6.45) is 3.19. The van der Waals surface area contributed by atoms with E-state index in [2.05, 4.69) is 0 Å². The Balaban J connectivity index is 2.10. The summed E-state index contributed by atoms with van der Waals surface area (Å²) in [6.45, 7) is 2.48. The lowest BCUT2D eigenvalue weighted by atomic mass is 10.1. The summed E-state index contributed by atoms with van der Waals surface area (Å²) in [5, 5.41) is -0.321. The number of hydrogen-bond acceptors (Lipinski definition) is 3. The van der Waals surface area contributed by atoms with Crippen molar-refractivity contribution >= 4 is 22.7 Å². The van der Waals surface area contributed by atoms with Crippen LogP contribution in [0.15, 0.2) is 50.4 Å². The Bertz CT molecular complexity index is 755. The van der Waals surface area contributed by atoms with Gasteiger partial charge >= 0.3 is 5.76 Å². The largest absolute Gasteiger partial charge is 0.472 e. The molecule has 0 spiro atoms. The Kier molecular flexibility index (Phi) is 2.95. The second-order valence-corrected chi connectivity index (χ2v) is 4.70. The molecule has 1 atom stereocenters. The first-order valence-corrected chi connectivity index (χ1v) is 6.44. The minimum atomic E-state index is -0.343. The number of hydrogen-bond donors (Lipinski definition) is 0. The molecule has 3 rings (SSSR count). The molecule has 0 bridgehead atoms. The van der Waals surface area contributed by atoms with Gasteiger partial charge in [-0.15, -0.1) is 11.6 Å². The minimum absolute atomic E-state index is 0.321. The number of halogens is 1. The van der Waals surface area contributed by atoms with Crippen LogP contribution in [0.5, 0.6) is 0 Å². The van der Waals surface area contributed by atoms with E-state index in [1.54, 1.807) is 23.2 Å². The standard InChI is InChI=1S/C14H12ClNO3/c1-2-16-11-4-3-9(7-12(11)19-14(16)17)13(15)10-5-6-18-8-10/h3-8,13H,2H2,1H3. The van der Waals surface area contributed by atoms with E-state index in [-0.39, 0.29) is 11.1 Å². The molecule has 0 radical (unpaired) electrons. The van der Waals surface area contributed by atoms with Gasteiger partial charge in [-0.1, -0.05) is 6.07 Å². The number of benzene rings is 1. The molecule has 0 aliphatic heterocycles. The van der Waals surface area contributed by atoms with E-state index in [0.29, 0.717) is 12.1 Å². The Hall–Kier alpha value is -1.94. The van der Waals surface area contributed by atoms with Crippen molar-refractivity contribution in [1.82, 2.24) is 4.57 Å². The molecule has 0 fully saturated rings. The summed E-state index contributed by atoms with van der Waals surface area (Å²) in [6, 6.07) is 7.37. The van der Waals surface area contributed by atoms with Crippen LogP contribution in [0, 0.1) is 0 Å². The van der Waals surface area contributed by atoms with Crippen molar-refractivity contribution in [3.63, 3.8) is 0 Å². The zero-order valence-electron chi connectivity index (χ0n) is 10.3. The van der Waals surface area contributed by atoms with Gasteiger partial charge in [-0.25, -0.2) is 4.79 Å². The fraction of sp³-hybridized carbons (Fsp3) is 0.214. The van der Waals surface area contributed by atoms with E-state index in [0.717, 1.165) is 16.6 Å². The first-order valence-electron chi connectivity index (χ1n) is 6.00. The van der Waals surface area contributed by atoms with Crippen molar-refractivity contribution in [2.24, 2.45) is 0 Å². The van der Waals surface area contributed by atoms with Crippen LogP contribution in [0.2, 0.25) is 0 Å². The van der Waals surface area contributed by atoms with Crippen molar-refractivity contribution in [1.29, 1.82) is 0 Å². The first-order chi connectivity index (χ1) is 9.20. The minimum Gasteiger partial charge on any atom is -0.472 e. The molecule has 0 saturated heterocycles. The highest BCUT2D eigenvalue weighted by atomic mass is 35.5. The summed E-state index contributed by atoms with van der Waals surface area (Å²) < 4.78 is 11.8. The fourth-order valence-corrected chi connectivity index (χ4v) is 2.41. The number of fused-ring (bicyclic) bond motifs is 1. The third kappa shape index (κ3) is 1.98. The summed E-state index contributed by atoms with van der Waals surface area (Å²) in [5.74, 6) is -0.343. The Morgan fingerprint density at radius 2 is 2.16 bits per heavy atom. The lowest BCUT2D eigenvalue weighted by Gasteiger charge is -2.07. The molecule has 0 aliphatic rings. The maximum absolute atomic E-state index is 11.6. The zero-order valence-corrected chi connectivity index (χ0v) is 11.1. The molecule has 1 aromatic carbocycles. The maximum Gasteiger partial charge on any atom is 0.419 e. The van der Waals surface area contributed by atoms with Gasteiger partial charge in [-0.05, 0) is 30.7 Å². The van der Waals surface area contributed by atoms with Gasteiger partial charge < -0.3 is 8.83 Å². The molecule has 1 unspecified atom stereocenters. The van der Waals surface area contributed by atoms with Crippen LogP contribution in [0.1, 0.15) is 23.4 Å². The number of aryl methyl sites for hydroxylation is 1. The third-order valence-electron chi connectivity index (χ3n) is 3.14. The van der Waals surface area contributed by atoms with Crippen molar-refractivity contribution in [2.75, 3.05) is 0 Å². The van der Waals surface area contributed by atoms with Crippen molar-refractivity contribution < 1.29 is 8.83 Å². The summed E-state index contributed by atoms with van der Waals surface area (Å²) >= 11 is 6.37. The van der Waals surface area contributed by atoms with Crippen LogP contribution in [-0.4, -0.2) is 4.57 Å². The molecule has 0 amide bonds. The number of rotatable bonds is 3. The molecule has 98 valence electrons. The van der Waals surface area contributed by atoms with Crippen LogP contribution < -0.4 is 5.76 Å². The van der Waals surface area contributed by atoms with Crippen molar-refractivity contribution in [3.05, 3.63) is 58.5 Å². The normalized spacial score (nSPS) is 12.9. The van der Waals surface area contributed by atoms with E-state index in [1.807, 2.05) is 25.1 Å². The summed E-state index contributed by atoms with van der Waals surface area (Å²) in [4.78, 5) is 11.6. The monoisotopic (exact) mass is 277 g/mol. The lowest BCUT2D eigenvalue weighted by Crippen LogP contribution is -2.11. The van der Waals surface area contributed by atoms with Crippen molar-refractivity contribution in [2.45, 2.75) is 18.8 Å². The van der Waals surface area contributed by atoms with E-state index >= 15 is 0 Å². The maximum atomic E-state index is 11.6. The van der Waals surface area contributed by atoms with E-state index < -0.39 is 0 Å². The molecular formula is C14H12ClNO3. The molecule has 4 nitrogen and oxygen atoms in total. The van der Waals surface area contributed by atoms with Crippen LogP contribution in [0.25, 0.3) is 11.1 Å². The molecule has 0 aliphatic carbocycles. The van der Waals surface area contributed by atoms with Crippen LogP contribution in [0.3, 0.4) is 0 Å². The highest BCUT2D eigenvalue weighted by molar-refractivity contribution is 6.22. The van der Waals surface area contributed by atoms with Crippen LogP contribution in [-0.2, 0) is 6.54 Å². The highest BCUT2D eigenvalue weighted by Crippen LogP contribution is 2.30. The van der Waals surface area contributed by atoms with Crippen LogP contribution in [0.4, 0.5) is 0 Å². The van der Waals surface area contributed by atoms with Gasteiger partial charge in [0.1, 0.15) is 0 Å². The zero-order chi connectivity index (χ0) is 13.4. The molecule has 3 aromatic rings. The number of aromatic nitrogens is 1. The van der Waals surface area contributed by atoms with Gasteiger partial charge in [0.05, 0.1) is 23.4 Å². The van der Waals surface area contributed by atoms with E-state index in [4.69, 9.17) is 20.4 Å². The van der Waals surface area contributed by atoms with Gasteiger partial charge in [-0.3, -0.25) is 4.57 Å². The van der Waals surface area contributed by atoms with Gasteiger partial charge in [0.2, 0.25) is 0 Å². The predicted molar refractivity (Wildman–Crippen MR) is 72.6 cm³/mol. The molecule has 5 heteroatoms. The summed E-state index contributed by atoms with van der Waals surface area (Å²) in [7, 11) is 0. The first kappa shape index (κ1) is 12.1. The SMILES string of the molecule is CCn1c(=O)oc2cc(C(Cl)c3ccoc3)ccc21. The quantitative estimate of drug-likeness (QED) is 0.688. The summed E-state index contributed by atoms with van der Waals surface area (Å²) in [5.41, 5.74) is 3.08. The lowest BCUT2D eigenvalue weighted by molar-refractivity contribution is 0.513. The van der Waals surface area contributed by atoms with Crippen molar-refractivity contribution in [3.8, 4) is 0 Å². The fourth-order valence-electron chi connectivity index (χ4n) is 2.15. The van der Waals surface area contributed by atoms with Gasteiger partial charge in [-0.2, -0.15) is 0 Å². The Morgan fingerprint density at radius 1 is 1.32 bits per heavy atom. The Morgan fingerprint density at radius 3 is 2.84 bits per heavy atom.